The summed E-state index contributed by atoms with van der Waals surface area (Å²) in [4.78, 5) is 19.2. The van der Waals surface area contributed by atoms with Crippen molar-refractivity contribution >= 4 is 46.7 Å². The molecule has 0 aliphatic heterocycles. The van der Waals surface area contributed by atoms with Crippen LogP contribution in [0.15, 0.2) is 29.4 Å². The van der Waals surface area contributed by atoms with Gasteiger partial charge in [-0.25, -0.2) is 4.39 Å². The molecule has 0 spiro atoms. The summed E-state index contributed by atoms with van der Waals surface area (Å²) in [5.74, 6) is 0.510. The van der Waals surface area contributed by atoms with Crippen LogP contribution in [-0.4, -0.2) is 43.0 Å². The quantitative estimate of drug-likeness (QED) is 0.199. The molecule has 0 bridgehead atoms. The maximum atomic E-state index is 13.2. The number of benzene rings is 1. The van der Waals surface area contributed by atoms with Gasteiger partial charge < -0.3 is 20.9 Å². The molecule has 2 aromatic rings. The topological polar surface area (TPSA) is 81.3 Å². The van der Waals surface area contributed by atoms with Crippen molar-refractivity contribution < 1.29 is 9.18 Å². The van der Waals surface area contributed by atoms with Gasteiger partial charge in [-0.15, -0.1) is 24.0 Å². The molecule has 4 N–H and O–H groups in total. The summed E-state index contributed by atoms with van der Waals surface area (Å²) in [6, 6.07) is 4.76. The molecule has 0 aliphatic rings. The lowest BCUT2D eigenvalue weighted by Gasteiger charge is -2.12. The first-order chi connectivity index (χ1) is 12.5. The number of fused-ring (bicyclic) bond motifs is 1. The van der Waals surface area contributed by atoms with Gasteiger partial charge in [0, 0.05) is 49.2 Å². The van der Waals surface area contributed by atoms with Crippen LogP contribution in [0.3, 0.4) is 0 Å². The number of nitrogens with zero attached hydrogens (tertiary/aromatic N) is 1. The van der Waals surface area contributed by atoms with E-state index >= 15 is 0 Å². The van der Waals surface area contributed by atoms with Gasteiger partial charge in [-0.3, -0.25) is 9.79 Å². The highest BCUT2D eigenvalue weighted by atomic mass is 127. The molecule has 0 fully saturated rings. The number of H-pyrrole nitrogens is 1. The molecule has 6 nitrogen and oxygen atoms in total. The fraction of sp³-hybridized carbons (Fsp3) is 0.474. The van der Waals surface area contributed by atoms with Crippen molar-refractivity contribution in [3.63, 3.8) is 0 Å². The van der Waals surface area contributed by atoms with Gasteiger partial charge in [-0.2, -0.15) is 0 Å². The normalized spacial score (nSPS) is 11.4. The van der Waals surface area contributed by atoms with Gasteiger partial charge in [0.05, 0.1) is 0 Å². The lowest BCUT2D eigenvalue weighted by atomic mass is 10.1. The number of guanidine groups is 1. The Hall–Kier alpha value is -1.84. The fourth-order valence-electron chi connectivity index (χ4n) is 2.57. The number of rotatable bonds is 8. The first kappa shape index (κ1) is 23.2. The van der Waals surface area contributed by atoms with Crippen LogP contribution in [0, 0.1) is 11.7 Å². The molecule has 0 unspecified atom stereocenters. The zero-order valence-electron chi connectivity index (χ0n) is 16.1. The Bertz CT molecular complexity index is 760. The molecule has 0 saturated heterocycles. The van der Waals surface area contributed by atoms with Crippen LogP contribution < -0.4 is 16.0 Å². The number of hydrogen-bond acceptors (Lipinski definition) is 2. The lowest BCUT2D eigenvalue weighted by molar-refractivity contribution is -0.123. The molecule has 1 amide bonds. The summed E-state index contributed by atoms with van der Waals surface area (Å²) < 4.78 is 13.2. The Balaban J connectivity index is 0.00000364. The van der Waals surface area contributed by atoms with Gasteiger partial charge in [0.15, 0.2) is 5.96 Å². The van der Waals surface area contributed by atoms with Crippen LogP contribution >= 0.6 is 24.0 Å². The van der Waals surface area contributed by atoms with Crippen molar-refractivity contribution in [3.8, 4) is 0 Å². The van der Waals surface area contributed by atoms with E-state index in [1.54, 1.807) is 6.07 Å². The first-order valence-electron chi connectivity index (χ1n) is 9.06. The molecule has 27 heavy (non-hydrogen) atoms. The number of halogens is 2. The Morgan fingerprint density at radius 1 is 1.22 bits per heavy atom. The molecule has 0 aliphatic carbocycles. The average Bonchev–Trinajstić information content (AvgIpc) is 3.00. The number of aromatic amines is 1. The van der Waals surface area contributed by atoms with Crippen LogP contribution in [-0.2, 0) is 11.2 Å². The van der Waals surface area contributed by atoms with Gasteiger partial charge in [-0.1, -0.05) is 13.8 Å². The molecule has 0 saturated carbocycles. The number of nitrogens with one attached hydrogen (secondary N) is 4. The highest BCUT2D eigenvalue weighted by Gasteiger charge is 2.06. The van der Waals surface area contributed by atoms with E-state index in [0.717, 1.165) is 35.4 Å². The molecule has 0 radical (unpaired) electrons. The minimum atomic E-state index is -0.243. The molecule has 2 rings (SSSR count). The van der Waals surface area contributed by atoms with Crippen molar-refractivity contribution in [1.82, 2.24) is 20.9 Å². The van der Waals surface area contributed by atoms with E-state index < -0.39 is 0 Å². The minimum Gasteiger partial charge on any atom is -0.361 e. The Labute approximate surface area is 176 Å². The largest absolute Gasteiger partial charge is 0.361 e. The number of aromatic nitrogens is 1. The van der Waals surface area contributed by atoms with Crippen molar-refractivity contribution in [3.05, 3.63) is 35.8 Å². The molecule has 1 aromatic heterocycles. The summed E-state index contributed by atoms with van der Waals surface area (Å²) in [7, 11) is 0. The highest BCUT2D eigenvalue weighted by molar-refractivity contribution is 14.0. The summed E-state index contributed by atoms with van der Waals surface area (Å²) in [6.45, 7) is 8.27. The third-order valence-electron chi connectivity index (χ3n) is 3.97. The van der Waals surface area contributed by atoms with Gasteiger partial charge in [0.2, 0.25) is 5.91 Å². The Morgan fingerprint density at radius 2 is 1.96 bits per heavy atom. The SMILES string of the molecule is CCNC(=NCCc1c[nH]c2cc(F)ccc12)NCCNC(=O)C(C)C.I. The van der Waals surface area contributed by atoms with Gasteiger partial charge in [0.1, 0.15) is 5.82 Å². The second-order valence-electron chi connectivity index (χ2n) is 6.39. The maximum Gasteiger partial charge on any atom is 0.222 e. The summed E-state index contributed by atoms with van der Waals surface area (Å²) in [5.41, 5.74) is 1.92. The van der Waals surface area contributed by atoms with Crippen molar-refractivity contribution in [2.45, 2.75) is 27.2 Å². The maximum absolute atomic E-state index is 13.2. The van der Waals surface area contributed by atoms with Crippen LogP contribution in [0.2, 0.25) is 0 Å². The van der Waals surface area contributed by atoms with E-state index in [1.807, 2.05) is 27.0 Å². The smallest absolute Gasteiger partial charge is 0.222 e. The monoisotopic (exact) mass is 489 g/mol. The van der Waals surface area contributed by atoms with Crippen LogP contribution in [0.5, 0.6) is 0 Å². The zero-order chi connectivity index (χ0) is 18.9. The van der Waals surface area contributed by atoms with Gasteiger partial charge >= 0.3 is 0 Å². The second kappa shape index (κ2) is 11.8. The molecule has 1 heterocycles. The number of amides is 1. The van der Waals surface area contributed by atoms with Gasteiger partial charge in [-0.05, 0) is 37.1 Å². The van der Waals surface area contributed by atoms with E-state index in [9.17, 15) is 9.18 Å². The predicted octanol–water partition coefficient (Wildman–Crippen LogP) is 2.79. The molecule has 8 heteroatoms. The average molecular weight is 489 g/mol. The third kappa shape index (κ3) is 7.36. The fourth-order valence-corrected chi connectivity index (χ4v) is 2.57. The summed E-state index contributed by atoms with van der Waals surface area (Å²) in [6.07, 6.45) is 2.66. The Morgan fingerprint density at radius 3 is 2.67 bits per heavy atom. The summed E-state index contributed by atoms with van der Waals surface area (Å²) >= 11 is 0. The van der Waals surface area contributed by atoms with E-state index in [1.165, 1.54) is 12.1 Å². The number of aliphatic imine (C=N–C) groups is 1. The predicted molar refractivity (Wildman–Crippen MR) is 119 cm³/mol. The van der Waals surface area contributed by atoms with Crippen LogP contribution in [0.4, 0.5) is 4.39 Å². The number of carbonyl (C=O) groups is 1. The Kier molecular flexibility index (Phi) is 10.1. The van der Waals surface area contributed by atoms with Crippen LogP contribution in [0.1, 0.15) is 26.3 Å². The van der Waals surface area contributed by atoms with Crippen molar-refractivity contribution in [1.29, 1.82) is 0 Å². The van der Waals surface area contributed by atoms with Crippen LogP contribution in [0.25, 0.3) is 10.9 Å². The van der Waals surface area contributed by atoms with Gasteiger partial charge in [0.25, 0.3) is 0 Å². The highest BCUT2D eigenvalue weighted by Crippen LogP contribution is 2.19. The van der Waals surface area contributed by atoms with E-state index in [4.69, 9.17) is 0 Å². The number of hydrogen-bond donors (Lipinski definition) is 4. The van der Waals surface area contributed by atoms with E-state index in [0.29, 0.717) is 19.6 Å². The minimum absolute atomic E-state index is 0. The van der Waals surface area contributed by atoms with E-state index in [2.05, 4.69) is 25.9 Å². The van der Waals surface area contributed by atoms with Crippen molar-refractivity contribution in [2.24, 2.45) is 10.9 Å². The summed E-state index contributed by atoms with van der Waals surface area (Å²) in [5, 5.41) is 10.3. The second-order valence-corrected chi connectivity index (χ2v) is 6.39. The van der Waals surface area contributed by atoms with E-state index in [-0.39, 0.29) is 41.6 Å². The molecule has 0 atom stereocenters. The number of carbonyl (C=O) groups excluding carboxylic acids is 1. The van der Waals surface area contributed by atoms with Crippen molar-refractivity contribution in [2.75, 3.05) is 26.2 Å². The molecular formula is C19H29FIN5O. The molecule has 150 valence electrons. The third-order valence-corrected chi connectivity index (χ3v) is 3.97. The molecule has 1 aromatic carbocycles. The molecular weight excluding hydrogens is 460 g/mol. The first-order valence-corrected chi connectivity index (χ1v) is 9.06. The zero-order valence-corrected chi connectivity index (χ0v) is 18.4. The lowest BCUT2D eigenvalue weighted by Crippen LogP contribution is -2.42. The standard InChI is InChI=1S/C19H28FN5O.HI/c1-4-21-19(24-10-9-22-18(26)13(2)3)23-8-7-14-12-25-17-11-15(20)5-6-16(14)17;/h5-6,11-13,25H,4,7-10H2,1-3H3,(H,22,26)(H2,21,23,24);1H.